The van der Waals surface area contributed by atoms with E-state index in [0.717, 1.165) is 0 Å². The summed E-state index contributed by atoms with van der Waals surface area (Å²) in [6.45, 7) is 0. The van der Waals surface area contributed by atoms with E-state index in [2.05, 4.69) is 42.5 Å². The summed E-state index contributed by atoms with van der Waals surface area (Å²) in [5.41, 5.74) is 1.30. The highest BCUT2D eigenvalue weighted by Gasteiger charge is 2.11. The number of thioether (sulfide) groups is 2. The second-order valence-corrected chi connectivity index (χ2v) is 5.68. The minimum absolute atomic E-state index is 0.681. The topological polar surface area (TPSA) is 0 Å². The van der Waals surface area contributed by atoms with Gasteiger partial charge in [0.25, 0.3) is 0 Å². The van der Waals surface area contributed by atoms with Gasteiger partial charge in [0, 0.05) is 11.5 Å². The van der Waals surface area contributed by atoms with Gasteiger partial charge in [-0.05, 0) is 5.56 Å². The molecule has 0 bridgehead atoms. The summed E-state index contributed by atoms with van der Waals surface area (Å²) in [6.07, 6.45) is 4.52. The Morgan fingerprint density at radius 2 is 1.77 bits per heavy atom. The van der Waals surface area contributed by atoms with Gasteiger partial charge in [-0.1, -0.05) is 42.5 Å². The molecule has 2 heteroatoms. The molecule has 1 aromatic rings. The molecule has 0 atom stereocenters. The minimum atomic E-state index is 0.681. The van der Waals surface area contributed by atoms with Crippen LogP contribution in [0.1, 0.15) is 5.56 Å². The maximum Gasteiger partial charge on any atom is 0.0686 e. The maximum atomic E-state index is 2.30. The highest BCUT2D eigenvalue weighted by Crippen LogP contribution is 2.32. The number of rotatable bonds is 2. The van der Waals surface area contributed by atoms with Crippen molar-refractivity contribution in [2.45, 2.75) is 4.58 Å². The van der Waals surface area contributed by atoms with Gasteiger partial charge in [-0.15, -0.1) is 23.5 Å². The standard InChI is InChI=1S/C11H12S2/c1-2-4-10(5-3-1)6-7-11-12-8-9-13-11/h1-7,11H,8-9H2. The molecule has 0 aromatic heterocycles. The Labute approximate surface area is 87.8 Å². The highest BCUT2D eigenvalue weighted by atomic mass is 32.2. The van der Waals surface area contributed by atoms with Crippen LogP contribution in [0.4, 0.5) is 0 Å². The van der Waals surface area contributed by atoms with E-state index in [1.165, 1.54) is 17.1 Å². The highest BCUT2D eigenvalue weighted by molar-refractivity contribution is 8.20. The fourth-order valence-corrected chi connectivity index (χ4v) is 3.82. The van der Waals surface area contributed by atoms with Crippen molar-refractivity contribution in [1.82, 2.24) is 0 Å². The monoisotopic (exact) mass is 208 g/mol. The number of hydrogen-bond acceptors (Lipinski definition) is 2. The van der Waals surface area contributed by atoms with Crippen molar-refractivity contribution in [3.05, 3.63) is 42.0 Å². The third kappa shape index (κ3) is 2.82. The summed E-state index contributed by atoms with van der Waals surface area (Å²) in [6, 6.07) is 10.5. The van der Waals surface area contributed by atoms with Crippen molar-refractivity contribution >= 4 is 29.6 Å². The molecule has 1 aliphatic heterocycles. The van der Waals surface area contributed by atoms with Crippen LogP contribution in [-0.4, -0.2) is 16.1 Å². The summed E-state index contributed by atoms with van der Waals surface area (Å²) in [7, 11) is 0. The van der Waals surface area contributed by atoms with E-state index in [1.54, 1.807) is 0 Å². The van der Waals surface area contributed by atoms with Gasteiger partial charge in [-0.2, -0.15) is 0 Å². The molecule has 0 N–H and O–H groups in total. The van der Waals surface area contributed by atoms with Crippen LogP contribution in [-0.2, 0) is 0 Å². The lowest BCUT2D eigenvalue weighted by atomic mass is 10.2. The molecule has 0 spiro atoms. The Hall–Kier alpha value is -0.340. The molecule has 2 rings (SSSR count). The van der Waals surface area contributed by atoms with Crippen molar-refractivity contribution in [2.24, 2.45) is 0 Å². The lowest BCUT2D eigenvalue weighted by Gasteiger charge is -1.98. The van der Waals surface area contributed by atoms with E-state index in [9.17, 15) is 0 Å². The summed E-state index contributed by atoms with van der Waals surface area (Å²) in [5.74, 6) is 2.60. The normalized spacial score (nSPS) is 18.5. The average Bonchev–Trinajstić information content (AvgIpc) is 2.69. The van der Waals surface area contributed by atoms with Gasteiger partial charge in [-0.25, -0.2) is 0 Å². The molecule has 0 amide bonds. The number of hydrogen-bond donors (Lipinski definition) is 0. The fraction of sp³-hybridized carbons (Fsp3) is 0.273. The molecule has 0 radical (unpaired) electrons. The molecule has 1 saturated heterocycles. The van der Waals surface area contributed by atoms with Crippen LogP contribution >= 0.6 is 23.5 Å². The molecule has 1 fully saturated rings. The Morgan fingerprint density at radius 1 is 1.08 bits per heavy atom. The molecule has 1 heterocycles. The SMILES string of the molecule is C(=CC1SCCS1)c1ccccc1. The molecule has 0 saturated carbocycles. The van der Waals surface area contributed by atoms with Crippen LogP contribution in [0, 0.1) is 0 Å². The molecule has 0 nitrogen and oxygen atoms in total. The van der Waals surface area contributed by atoms with Crippen LogP contribution in [0.3, 0.4) is 0 Å². The molecule has 13 heavy (non-hydrogen) atoms. The Kier molecular flexibility index (Phi) is 3.39. The van der Waals surface area contributed by atoms with Gasteiger partial charge in [0.15, 0.2) is 0 Å². The zero-order valence-electron chi connectivity index (χ0n) is 7.35. The van der Waals surface area contributed by atoms with Gasteiger partial charge in [0.05, 0.1) is 4.58 Å². The summed E-state index contributed by atoms with van der Waals surface area (Å²) in [5, 5.41) is 0. The van der Waals surface area contributed by atoms with E-state index < -0.39 is 0 Å². The largest absolute Gasteiger partial charge is 0.143 e. The van der Waals surface area contributed by atoms with Gasteiger partial charge >= 0.3 is 0 Å². The van der Waals surface area contributed by atoms with Gasteiger partial charge in [0.2, 0.25) is 0 Å². The van der Waals surface area contributed by atoms with Crippen molar-refractivity contribution < 1.29 is 0 Å². The summed E-state index contributed by atoms with van der Waals surface area (Å²) >= 11 is 4.08. The zero-order chi connectivity index (χ0) is 8.93. The quantitative estimate of drug-likeness (QED) is 0.729. The van der Waals surface area contributed by atoms with E-state index in [4.69, 9.17) is 0 Å². The third-order valence-corrected chi connectivity index (χ3v) is 4.82. The first-order valence-electron chi connectivity index (χ1n) is 4.41. The van der Waals surface area contributed by atoms with E-state index in [-0.39, 0.29) is 0 Å². The Bertz CT molecular complexity index is 273. The maximum absolute atomic E-state index is 2.30. The van der Waals surface area contributed by atoms with Gasteiger partial charge < -0.3 is 0 Å². The smallest absolute Gasteiger partial charge is 0.0686 e. The average molecular weight is 208 g/mol. The van der Waals surface area contributed by atoms with Crippen molar-refractivity contribution in [3.8, 4) is 0 Å². The third-order valence-electron chi connectivity index (χ3n) is 1.89. The van der Waals surface area contributed by atoms with E-state index >= 15 is 0 Å². The Morgan fingerprint density at radius 3 is 2.46 bits per heavy atom. The first kappa shape index (κ1) is 9.22. The molecule has 1 aliphatic rings. The fourth-order valence-electron chi connectivity index (χ4n) is 1.24. The summed E-state index contributed by atoms with van der Waals surface area (Å²) in [4.78, 5) is 0. The first-order valence-corrected chi connectivity index (χ1v) is 6.51. The van der Waals surface area contributed by atoms with Gasteiger partial charge in [-0.3, -0.25) is 0 Å². The molecule has 68 valence electrons. The predicted octanol–water partition coefficient (Wildman–Crippen LogP) is 3.51. The summed E-state index contributed by atoms with van der Waals surface area (Å²) < 4.78 is 0.681. The minimum Gasteiger partial charge on any atom is -0.143 e. The molecular formula is C11H12S2. The molecular weight excluding hydrogens is 196 g/mol. The van der Waals surface area contributed by atoms with Crippen molar-refractivity contribution in [1.29, 1.82) is 0 Å². The van der Waals surface area contributed by atoms with Crippen LogP contribution in [0.15, 0.2) is 36.4 Å². The molecule has 1 aromatic carbocycles. The second-order valence-electron chi connectivity index (χ2n) is 2.88. The number of benzene rings is 1. The lowest BCUT2D eigenvalue weighted by Crippen LogP contribution is -1.82. The predicted molar refractivity (Wildman–Crippen MR) is 64.2 cm³/mol. The molecule has 0 unspecified atom stereocenters. The van der Waals surface area contributed by atoms with Crippen LogP contribution in [0.5, 0.6) is 0 Å². The first-order chi connectivity index (χ1) is 6.45. The Balaban J connectivity index is 1.97. The van der Waals surface area contributed by atoms with Crippen LogP contribution in [0.2, 0.25) is 0 Å². The van der Waals surface area contributed by atoms with E-state index in [1.807, 2.05) is 23.5 Å². The van der Waals surface area contributed by atoms with Crippen LogP contribution in [0.25, 0.3) is 6.08 Å². The lowest BCUT2D eigenvalue weighted by molar-refractivity contribution is 1.59. The zero-order valence-corrected chi connectivity index (χ0v) is 8.98. The van der Waals surface area contributed by atoms with Crippen molar-refractivity contribution in [3.63, 3.8) is 0 Å². The van der Waals surface area contributed by atoms with Crippen LogP contribution < -0.4 is 0 Å². The second kappa shape index (κ2) is 4.77. The van der Waals surface area contributed by atoms with E-state index in [0.29, 0.717) is 4.58 Å². The van der Waals surface area contributed by atoms with Crippen molar-refractivity contribution in [2.75, 3.05) is 11.5 Å². The van der Waals surface area contributed by atoms with Gasteiger partial charge in [0.1, 0.15) is 0 Å². The molecule has 0 aliphatic carbocycles.